The molecule has 6 fully saturated rings. The van der Waals surface area contributed by atoms with E-state index in [0.29, 0.717) is 32.5 Å². The average Bonchev–Trinajstić information content (AvgIpc) is 3.84. The summed E-state index contributed by atoms with van der Waals surface area (Å²) in [5, 5.41) is 0. The van der Waals surface area contributed by atoms with Crippen molar-refractivity contribution in [2.45, 2.75) is 212 Å². The monoisotopic (exact) mass is 829 g/mol. The van der Waals surface area contributed by atoms with Crippen LogP contribution in [0.2, 0.25) is 0 Å². The van der Waals surface area contributed by atoms with E-state index in [0.717, 1.165) is 96.7 Å². The molecular weight excluding hydrogens is 737 g/mol. The van der Waals surface area contributed by atoms with Crippen LogP contribution < -0.4 is 0 Å². The molecule has 1 aromatic rings. The Bertz CT molecular complexity index is 1950. The Balaban J connectivity index is 0.908. The lowest BCUT2D eigenvalue weighted by molar-refractivity contribution is -0.132. The molecule has 338 valence electrons. The fraction of sp³-hybridized carbons (Fsp3) is 0.864. The zero-order valence-electron chi connectivity index (χ0n) is 42.0. The van der Waals surface area contributed by atoms with Crippen LogP contribution in [-0.4, -0.2) is 9.97 Å². The number of fused-ring (bicyclic) bond motifs is 14. The van der Waals surface area contributed by atoms with Gasteiger partial charge in [0.05, 0.1) is 22.8 Å². The maximum Gasteiger partial charge on any atom is 0.0628 e. The summed E-state index contributed by atoms with van der Waals surface area (Å²) in [6.07, 6.45) is 28.3. The molecule has 0 N–H and O–H groups in total. The summed E-state index contributed by atoms with van der Waals surface area (Å²) >= 11 is 0. The lowest BCUT2D eigenvalue weighted by Crippen LogP contribution is -2.61. The third-order valence-corrected chi connectivity index (χ3v) is 24.4. The first-order chi connectivity index (χ1) is 28.7. The summed E-state index contributed by atoms with van der Waals surface area (Å²) in [6.45, 7) is 39.1. The van der Waals surface area contributed by atoms with Gasteiger partial charge in [-0.3, -0.25) is 9.97 Å². The minimum Gasteiger partial charge on any atom is -0.254 e. The molecule has 10 rings (SSSR count). The summed E-state index contributed by atoms with van der Waals surface area (Å²) in [4.78, 5) is 11.7. The van der Waals surface area contributed by atoms with E-state index in [1.807, 2.05) is 5.57 Å². The van der Waals surface area contributed by atoms with Crippen LogP contribution in [0.3, 0.4) is 0 Å². The normalized spacial score (nSPS) is 48.8. The van der Waals surface area contributed by atoms with Crippen molar-refractivity contribution in [3.63, 3.8) is 0 Å². The number of hydrogen-bond donors (Lipinski definition) is 0. The minimum atomic E-state index is 0.282. The van der Waals surface area contributed by atoms with Crippen molar-refractivity contribution in [1.29, 1.82) is 0 Å². The Morgan fingerprint density at radius 1 is 0.754 bits per heavy atom. The van der Waals surface area contributed by atoms with Gasteiger partial charge in [-0.25, -0.2) is 0 Å². The van der Waals surface area contributed by atoms with Crippen molar-refractivity contribution >= 4 is 0 Å². The Labute approximate surface area is 376 Å². The fourth-order valence-corrected chi connectivity index (χ4v) is 20.4. The molecule has 0 radical (unpaired) electrons. The van der Waals surface area contributed by atoms with Gasteiger partial charge >= 0.3 is 0 Å². The van der Waals surface area contributed by atoms with Gasteiger partial charge in [-0.2, -0.15) is 0 Å². The molecule has 1 aromatic heterocycles. The van der Waals surface area contributed by atoms with Crippen LogP contribution in [0.25, 0.3) is 0 Å². The van der Waals surface area contributed by atoms with E-state index < -0.39 is 0 Å². The topological polar surface area (TPSA) is 25.8 Å². The molecule has 0 aromatic carbocycles. The maximum absolute atomic E-state index is 5.85. The summed E-state index contributed by atoms with van der Waals surface area (Å²) in [5.74, 6) is 9.49. The predicted octanol–water partition coefficient (Wildman–Crippen LogP) is 15.7. The molecule has 0 spiro atoms. The van der Waals surface area contributed by atoms with E-state index in [9.17, 15) is 0 Å². The molecule has 61 heavy (non-hydrogen) atoms. The summed E-state index contributed by atoms with van der Waals surface area (Å²) < 4.78 is 0. The number of nitrogens with zero attached hydrogens (tertiary/aromatic N) is 2. The van der Waals surface area contributed by atoms with E-state index in [1.54, 1.807) is 5.57 Å². The zero-order chi connectivity index (χ0) is 43.4. The molecule has 1 heterocycles. The van der Waals surface area contributed by atoms with E-state index >= 15 is 0 Å². The van der Waals surface area contributed by atoms with Gasteiger partial charge in [0.1, 0.15) is 0 Å². The standard InChI is InChI=1S/C59H92N2/c1-15-53(8,9)32-39-26-40-28-48-45-22-20-42-30-50-52(34-56(42,12)57(45,13)31-38(7)58(48,14)46(40)27-39)61-49-29-41-19-21-44-47(54(41,10)33-51(49)60-50)25-37(6)59(16-2)43(23-24-55(44,59)11)36(5)18-17-35(3)4/h28,35-36,38-47H,6,15-27,29-34H2,1-5,7-14H3/t36?,38?,39?,40?,41?,42?,43?,44?,45?,46?,47?,54?,55?,56?,57-,58?,59?/m0/s1. The third kappa shape index (κ3) is 5.81. The molecule has 2 heteroatoms. The number of rotatable bonds is 8. The van der Waals surface area contributed by atoms with Crippen molar-refractivity contribution in [2.24, 2.45) is 109 Å². The Morgan fingerprint density at radius 2 is 1.44 bits per heavy atom. The van der Waals surface area contributed by atoms with Gasteiger partial charge in [0.2, 0.25) is 0 Å². The Kier molecular flexibility index (Phi) is 10.2. The van der Waals surface area contributed by atoms with E-state index in [2.05, 4.69) is 96.1 Å². The van der Waals surface area contributed by atoms with Crippen molar-refractivity contribution in [2.75, 3.05) is 0 Å². The van der Waals surface area contributed by atoms with Crippen LogP contribution in [0.5, 0.6) is 0 Å². The van der Waals surface area contributed by atoms with Crippen LogP contribution in [0.1, 0.15) is 209 Å². The highest BCUT2D eigenvalue weighted by Gasteiger charge is 2.70. The van der Waals surface area contributed by atoms with E-state index in [4.69, 9.17) is 16.5 Å². The average molecular weight is 829 g/mol. The van der Waals surface area contributed by atoms with Gasteiger partial charge in [-0.15, -0.1) is 0 Å². The maximum atomic E-state index is 5.85. The highest BCUT2D eigenvalue weighted by molar-refractivity contribution is 5.39. The largest absolute Gasteiger partial charge is 0.254 e. The SMILES string of the molecule is C=C1CC2C(CCC3Cc4nc5c(nc4CC32C)CC2CCC3C4=CC6CC(CC(C)(C)CC)CC6C4(C)C(C)C[C@]3(C)C2(C)C5)C2(C)CCC(C(C)CCC(C)C)C12CC. The summed E-state index contributed by atoms with van der Waals surface area (Å²) in [5.41, 5.74) is 11.7. The van der Waals surface area contributed by atoms with E-state index in [-0.39, 0.29) is 5.41 Å². The second-order valence-corrected chi connectivity index (χ2v) is 27.4. The molecule has 0 amide bonds. The number of allylic oxidation sites excluding steroid dienone is 3. The Morgan fingerprint density at radius 3 is 2.13 bits per heavy atom. The van der Waals surface area contributed by atoms with Gasteiger partial charge in [-0.05, 0) is 212 Å². The second kappa shape index (κ2) is 14.3. The van der Waals surface area contributed by atoms with Crippen molar-refractivity contribution in [3.8, 4) is 0 Å². The van der Waals surface area contributed by atoms with Gasteiger partial charge < -0.3 is 0 Å². The summed E-state index contributed by atoms with van der Waals surface area (Å²) in [7, 11) is 0. The highest BCUT2D eigenvalue weighted by atomic mass is 14.9. The highest BCUT2D eigenvalue weighted by Crippen LogP contribution is 2.77. The molecule has 6 saturated carbocycles. The molecule has 2 nitrogen and oxygen atoms in total. The molecule has 17 atom stereocenters. The van der Waals surface area contributed by atoms with Crippen LogP contribution in [0.15, 0.2) is 23.8 Å². The minimum absolute atomic E-state index is 0.282. The third-order valence-electron chi connectivity index (χ3n) is 24.4. The molecule has 9 aliphatic rings. The van der Waals surface area contributed by atoms with Crippen LogP contribution >= 0.6 is 0 Å². The quantitative estimate of drug-likeness (QED) is 0.244. The number of hydrogen-bond acceptors (Lipinski definition) is 2. The zero-order valence-corrected chi connectivity index (χ0v) is 42.0. The molecule has 9 aliphatic carbocycles. The lowest BCUT2D eigenvalue weighted by Gasteiger charge is -2.67. The molecule has 0 bridgehead atoms. The van der Waals surface area contributed by atoms with Crippen LogP contribution in [0, 0.1) is 109 Å². The van der Waals surface area contributed by atoms with Gasteiger partial charge in [-0.1, -0.05) is 133 Å². The second-order valence-electron chi connectivity index (χ2n) is 27.4. The first-order valence-corrected chi connectivity index (χ1v) is 27.0. The molecule has 16 unspecified atom stereocenters. The predicted molar refractivity (Wildman–Crippen MR) is 256 cm³/mol. The smallest absolute Gasteiger partial charge is 0.0628 e. The first kappa shape index (κ1) is 43.5. The molecule has 0 saturated heterocycles. The van der Waals surface area contributed by atoms with E-state index in [1.165, 1.54) is 119 Å². The molecule has 0 aliphatic heterocycles. The number of aromatic nitrogens is 2. The van der Waals surface area contributed by atoms with Gasteiger partial charge in [0, 0.05) is 0 Å². The van der Waals surface area contributed by atoms with Crippen molar-refractivity contribution in [1.82, 2.24) is 9.97 Å². The van der Waals surface area contributed by atoms with Crippen molar-refractivity contribution < 1.29 is 0 Å². The fourth-order valence-electron chi connectivity index (χ4n) is 20.4. The Hall–Kier alpha value is -1.44. The van der Waals surface area contributed by atoms with Crippen molar-refractivity contribution in [3.05, 3.63) is 46.6 Å². The van der Waals surface area contributed by atoms with Gasteiger partial charge in [0.15, 0.2) is 0 Å². The van der Waals surface area contributed by atoms with Crippen LogP contribution in [0.4, 0.5) is 0 Å². The first-order valence-electron chi connectivity index (χ1n) is 27.0. The van der Waals surface area contributed by atoms with Gasteiger partial charge in [0.25, 0.3) is 0 Å². The molecular formula is C59H92N2. The van der Waals surface area contributed by atoms with Crippen LogP contribution in [-0.2, 0) is 25.7 Å². The summed E-state index contributed by atoms with van der Waals surface area (Å²) in [6, 6.07) is 0. The lowest BCUT2D eigenvalue weighted by atomic mass is 9.38.